The van der Waals surface area contributed by atoms with Crippen LogP contribution in [0.5, 0.6) is 0 Å². The van der Waals surface area contributed by atoms with E-state index < -0.39 is 0 Å². The molecule has 0 spiro atoms. The number of nitrogens with one attached hydrogen (secondary N) is 3. The molecule has 0 saturated carbocycles. The Bertz CT molecular complexity index is 880. The van der Waals surface area contributed by atoms with Gasteiger partial charge in [0.25, 0.3) is 5.91 Å². The van der Waals surface area contributed by atoms with Crippen molar-refractivity contribution < 1.29 is 19.3 Å². The molecule has 152 valence electrons. The van der Waals surface area contributed by atoms with Crippen molar-refractivity contribution >= 4 is 39.2 Å². The summed E-state index contributed by atoms with van der Waals surface area (Å²) in [5.74, 6) is -0.676. The molecular formula is C22H25BrN3O3+. The van der Waals surface area contributed by atoms with Gasteiger partial charge in [0.15, 0.2) is 12.3 Å². The number of benzene rings is 2. The fourth-order valence-corrected chi connectivity index (χ4v) is 3.81. The Balaban J connectivity index is 1.60. The van der Waals surface area contributed by atoms with Crippen LogP contribution in [-0.4, -0.2) is 43.8 Å². The molecule has 3 rings (SSSR count). The van der Waals surface area contributed by atoms with Crippen LogP contribution < -0.4 is 15.5 Å². The lowest BCUT2D eigenvalue weighted by atomic mass is 10.0. The second kappa shape index (κ2) is 10.3. The average molecular weight is 459 g/mol. The van der Waals surface area contributed by atoms with E-state index in [1.54, 1.807) is 42.5 Å². The van der Waals surface area contributed by atoms with Gasteiger partial charge in [0, 0.05) is 15.6 Å². The van der Waals surface area contributed by atoms with Crippen LogP contribution in [0.3, 0.4) is 0 Å². The first-order chi connectivity index (χ1) is 14.0. The van der Waals surface area contributed by atoms with Gasteiger partial charge in [-0.3, -0.25) is 14.4 Å². The first-order valence-corrected chi connectivity index (χ1v) is 10.6. The molecule has 0 bridgehead atoms. The Hall–Kier alpha value is -2.51. The average Bonchev–Trinajstić information content (AvgIpc) is 2.74. The summed E-state index contributed by atoms with van der Waals surface area (Å²) in [5.41, 5.74) is 1.35. The number of halogens is 1. The number of carbonyl (C=O) groups is 3. The lowest BCUT2D eigenvalue weighted by Gasteiger charge is -2.22. The van der Waals surface area contributed by atoms with E-state index in [1.807, 2.05) is 6.07 Å². The first-order valence-electron chi connectivity index (χ1n) is 9.82. The molecule has 3 N–H and O–H groups in total. The van der Waals surface area contributed by atoms with E-state index in [2.05, 4.69) is 26.6 Å². The zero-order valence-corrected chi connectivity index (χ0v) is 17.8. The van der Waals surface area contributed by atoms with Crippen molar-refractivity contribution in [2.75, 3.05) is 31.5 Å². The first kappa shape index (κ1) is 21.2. The van der Waals surface area contributed by atoms with E-state index in [1.165, 1.54) is 11.3 Å². The van der Waals surface area contributed by atoms with Crippen molar-refractivity contribution in [1.82, 2.24) is 5.32 Å². The van der Waals surface area contributed by atoms with Crippen molar-refractivity contribution in [2.24, 2.45) is 0 Å². The lowest BCUT2D eigenvalue weighted by molar-refractivity contribution is -0.896. The summed E-state index contributed by atoms with van der Waals surface area (Å²) in [6.07, 6.45) is 3.51. The fraction of sp³-hybridized carbons (Fsp3) is 0.318. The summed E-state index contributed by atoms with van der Waals surface area (Å²) < 4.78 is 0.743. The molecule has 0 aromatic heterocycles. The fourth-order valence-electron chi connectivity index (χ4n) is 3.45. The molecular weight excluding hydrogens is 434 g/mol. The van der Waals surface area contributed by atoms with Crippen LogP contribution in [0.15, 0.2) is 53.0 Å². The third kappa shape index (κ3) is 6.24. The number of hydrogen-bond donors (Lipinski definition) is 3. The van der Waals surface area contributed by atoms with Gasteiger partial charge in [0.1, 0.15) is 0 Å². The van der Waals surface area contributed by atoms with Crippen LogP contribution in [0.2, 0.25) is 0 Å². The predicted octanol–water partition coefficient (Wildman–Crippen LogP) is 1.80. The van der Waals surface area contributed by atoms with E-state index in [0.29, 0.717) is 23.4 Å². The summed E-state index contributed by atoms with van der Waals surface area (Å²) >= 11 is 3.38. The molecule has 1 aliphatic heterocycles. The number of piperidine rings is 1. The maximum Gasteiger partial charge on any atom is 0.275 e. The highest BCUT2D eigenvalue weighted by atomic mass is 79.9. The summed E-state index contributed by atoms with van der Waals surface area (Å²) in [7, 11) is 0. The third-order valence-corrected chi connectivity index (χ3v) is 5.45. The molecule has 0 radical (unpaired) electrons. The molecule has 2 amide bonds. The minimum absolute atomic E-state index is 0.124. The number of quaternary nitrogens is 1. The predicted molar refractivity (Wildman–Crippen MR) is 115 cm³/mol. The van der Waals surface area contributed by atoms with Gasteiger partial charge < -0.3 is 15.5 Å². The molecule has 0 unspecified atom stereocenters. The Morgan fingerprint density at radius 2 is 1.66 bits per heavy atom. The summed E-state index contributed by atoms with van der Waals surface area (Å²) in [6, 6.07) is 14.0. The van der Waals surface area contributed by atoms with Gasteiger partial charge in [-0.1, -0.05) is 46.3 Å². The molecule has 2 aromatic rings. The highest BCUT2D eigenvalue weighted by molar-refractivity contribution is 9.10. The minimum Gasteiger partial charge on any atom is -0.342 e. The highest BCUT2D eigenvalue weighted by Gasteiger charge is 2.19. The maximum absolute atomic E-state index is 12.8. The lowest BCUT2D eigenvalue weighted by Crippen LogP contribution is -3.13. The maximum atomic E-state index is 12.8. The smallest absolute Gasteiger partial charge is 0.275 e. The molecule has 0 aliphatic carbocycles. The number of anilines is 1. The van der Waals surface area contributed by atoms with Crippen molar-refractivity contribution in [3.05, 3.63) is 64.1 Å². The van der Waals surface area contributed by atoms with E-state index in [0.717, 1.165) is 30.4 Å². The second-order valence-electron chi connectivity index (χ2n) is 7.20. The number of amides is 2. The zero-order chi connectivity index (χ0) is 20.6. The zero-order valence-electron chi connectivity index (χ0n) is 16.2. The molecule has 1 aliphatic rings. The van der Waals surface area contributed by atoms with Crippen LogP contribution in [0, 0.1) is 0 Å². The Morgan fingerprint density at radius 3 is 2.38 bits per heavy atom. The van der Waals surface area contributed by atoms with E-state index in [-0.39, 0.29) is 24.1 Å². The normalized spacial score (nSPS) is 14.2. The molecule has 1 fully saturated rings. The highest BCUT2D eigenvalue weighted by Crippen LogP contribution is 2.24. The third-order valence-electron chi connectivity index (χ3n) is 4.95. The Kier molecular flexibility index (Phi) is 7.55. The van der Waals surface area contributed by atoms with E-state index in [9.17, 15) is 14.4 Å². The van der Waals surface area contributed by atoms with Crippen LogP contribution in [0.1, 0.15) is 35.2 Å². The molecule has 0 atom stereocenters. The SMILES string of the molecule is O=C(C[NH+]1CCCCC1)NCC(=O)Nc1ccc(Br)cc1C(=O)c1ccccc1. The van der Waals surface area contributed by atoms with E-state index in [4.69, 9.17) is 0 Å². The topological polar surface area (TPSA) is 79.7 Å². The van der Waals surface area contributed by atoms with Crippen molar-refractivity contribution in [3.63, 3.8) is 0 Å². The molecule has 6 nitrogen and oxygen atoms in total. The standard InChI is InChI=1S/C22H24BrN3O3/c23-17-9-10-19(18(13-17)22(29)16-7-3-1-4-8-16)25-20(27)14-24-21(28)15-26-11-5-2-6-12-26/h1,3-4,7-10,13H,2,5-6,11-12,14-15H2,(H,24,28)(H,25,27)/p+1. The van der Waals surface area contributed by atoms with Gasteiger partial charge in [-0.2, -0.15) is 0 Å². The van der Waals surface area contributed by atoms with Crippen LogP contribution >= 0.6 is 15.9 Å². The monoisotopic (exact) mass is 458 g/mol. The molecule has 1 saturated heterocycles. The molecule has 1 heterocycles. The van der Waals surface area contributed by atoms with Gasteiger partial charge >= 0.3 is 0 Å². The van der Waals surface area contributed by atoms with Crippen LogP contribution in [0.25, 0.3) is 0 Å². The molecule has 2 aromatic carbocycles. The van der Waals surface area contributed by atoms with Crippen molar-refractivity contribution in [1.29, 1.82) is 0 Å². The van der Waals surface area contributed by atoms with Gasteiger partial charge in [-0.25, -0.2) is 0 Å². The second-order valence-corrected chi connectivity index (χ2v) is 8.11. The summed E-state index contributed by atoms with van der Waals surface area (Å²) in [5, 5.41) is 5.42. The Labute approximate surface area is 178 Å². The number of rotatable bonds is 7. The van der Waals surface area contributed by atoms with Gasteiger partial charge in [0.2, 0.25) is 5.91 Å². The van der Waals surface area contributed by atoms with Crippen LogP contribution in [-0.2, 0) is 9.59 Å². The number of likely N-dealkylation sites (tertiary alicyclic amines) is 1. The number of hydrogen-bond acceptors (Lipinski definition) is 3. The van der Waals surface area contributed by atoms with Gasteiger partial charge in [-0.15, -0.1) is 0 Å². The van der Waals surface area contributed by atoms with Crippen LogP contribution in [0.4, 0.5) is 5.69 Å². The Morgan fingerprint density at radius 1 is 0.931 bits per heavy atom. The van der Waals surface area contributed by atoms with E-state index >= 15 is 0 Å². The van der Waals surface area contributed by atoms with Crippen molar-refractivity contribution in [3.8, 4) is 0 Å². The number of ketones is 1. The van der Waals surface area contributed by atoms with Gasteiger partial charge in [-0.05, 0) is 37.5 Å². The van der Waals surface area contributed by atoms with Gasteiger partial charge in [0.05, 0.1) is 25.3 Å². The summed E-state index contributed by atoms with van der Waals surface area (Å²) in [4.78, 5) is 38.6. The quantitative estimate of drug-likeness (QED) is 0.553. The molecule has 7 heteroatoms. The summed E-state index contributed by atoms with van der Waals surface area (Å²) in [6.45, 7) is 2.28. The number of carbonyl (C=O) groups excluding carboxylic acids is 3. The van der Waals surface area contributed by atoms with Crippen molar-refractivity contribution in [2.45, 2.75) is 19.3 Å². The largest absolute Gasteiger partial charge is 0.342 e. The minimum atomic E-state index is -0.364. The molecule has 29 heavy (non-hydrogen) atoms.